The van der Waals surface area contributed by atoms with Gasteiger partial charge in [-0.3, -0.25) is 39.1 Å². The second-order valence-corrected chi connectivity index (χ2v) is 19.6. The van der Waals surface area contributed by atoms with Gasteiger partial charge in [0.05, 0.1) is 22.8 Å². The van der Waals surface area contributed by atoms with Gasteiger partial charge in [-0.15, -0.1) is 10.2 Å². The highest BCUT2D eigenvalue weighted by atomic mass is 16.5. The molecule has 332 valence electrons. The second kappa shape index (κ2) is 16.7. The largest absolute Gasteiger partial charge is 0.490 e. The number of rotatable bonds is 12. The van der Waals surface area contributed by atoms with Crippen LogP contribution in [0.3, 0.4) is 0 Å². The molecular weight excluding hydrogens is 801 g/mol. The molecule has 1 atom stereocenters. The summed E-state index contributed by atoms with van der Waals surface area (Å²) in [5.74, 6) is 0.129. The van der Waals surface area contributed by atoms with E-state index in [9.17, 15) is 29.2 Å². The molecule has 1 aromatic heterocycles. The van der Waals surface area contributed by atoms with Crippen LogP contribution in [-0.4, -0.2) is 106 Å². The molecule has 2 N–H and O–H groups in total. The van der Waals surface area contributed by atoms with Crippen LogP contribution in [0.25, 0.3) is 0 Å². The number of ether oxygens (including phenoxy) is 2. The number of aryl methyl sites for hydroxylation is 2. The fourth-order valence-electron chi connectivity index (χ4n) is 11.0. The smallest absolute Gasteiger partial charge is 0.272 e. The van der Waals surface area contributed by atoms with Crippen LogP contribution in [0.15, 0.2) is 42.5 Å². The predicted molar refractivity (Wildman–Crippen MR) is 233 cm³/mol. The van der Waals surface area contributed by atoms with Crippen molar-refractivity contribution in [3.63, 3.8) is 0 Å². The summed E-state index contributed by atoms with van der Waals surface area (Å²) in [6.07, 6.45) is 3.70. The first-order chi connectivity index (χ1) is 29.9. The zero-order valence-electron chi connectivity index (χ0n) is 37.5. The van der Waals surface area contributed by atoms with Crippen molar-refractivity contribution >= 4 is 35.4 Å². The maximum absolute atomic E-state index is 13.5. The number of aromatic nitrogens is 2. The van der Waals surface area contributed by atoms with E-state index < -0.39 is 29.7 Å². The molecule has 4 heterocycles. The van der Waals surface area contributed by atoms with Crippen LogP contribution in [0, 0.1) is 41.9 Å². The van der Waals surface area contributed by atoms with Gasteiger partial charge in [-0.2, -0.15) is 5.26 Å². The number of amides is 5. The number of nitrogens with zero attached hydrogens (tertiary/aromatic N) is 6. The average molecular weight is 859 g/mol. The second-order valence-electron chi connectivity index (χ2n) is 19.6. The van der Waals surface area contributed by atoms with Crippen LogP contribution in [-0.2, 0) is 9.59 Å². The Morgan fingerprint density at radius 1 is 0.905 bits per heavy atom. The Kier molecular flexibility index (Phi) is 11.6. The lowest BCUT2D eigenvalue weighted by molar-refractivity contribution is -0.164. The summed E-state index contributed by atoms with van der Waals surface area (Å²) in [4.78, 5) is 69.8. The van der Waals surface area contributed by atoms with Crippen molar-refractivity contribution in [2.24, 2.45) is 16.7 Å². The summed E-state index contributed by atoms with van der Waals surface area (Å²) in [5.41, 5.74) is 2.41. The van der Waals surface area contributed by atoms with Crippen molar-refractivity contribution in [3.05, 3.63) is 76.0 Å². The highest BCUT2D eigenvalue weighted by Crippen LogP contribution is 2.55. The lowest BCUT2D eigenvalue weighted by Crippen LogP contribution is -2.74. The Balaban J connectivity index is 0.797. The number of nitriles is 1. The third-order valence-electron chi connectivity index (χ3n) is 14.2. The van der Waals surface area contributed by atoms with Gasteiger partial charge in [0.2, 0.25) is 11.8 Å². The molecule has 5 amide bonds. The normalized spacial score (nSPS) is 25.3. The molecule has 63 heavy (non-hydrogen) atoms. The van der Waals surface area contributed by atoms with Crippen molar-refractivity contribution < 1.29 is 33.4 Å². The van der Waals surface area contributed by atoms with Crippen LogP contribution in [0.5, 0.6) is 11.5 Å². The molecule has 0 radical (unpaired) electrons. The van der Waals surface area contributed by atoms with E-state index in [1.165, 1.54) is 0 Å². The number of fused-ring (bicyclic) bond motifs is 1. The van der Waals surface area contributed by atoms with Gasteiger partial charge in [-0.05, 0) is 106 Å². The van der Waals surface area contributed by atoms with Gasteiger partial charge in [0.1, 0.15) is 29.7 Å². The number of carbonyl (C=O) groups excluding carboxylic acids is 5. The number of benzene rings is 2. The quantitative estimate of drug-likeness (QED) is 0.218. The molecule has 15 nitrogen and oxygen atoms in total. The van der Waals surface area contributed by atoms with E-state index in [0.29, 0.717) is 29.3 Å². The first kappa shape index (κ1) is 43.8. The third-order valence-corrected chi connectivity index (χ3v) is 14.2. The Hall–Kier alpha value is -5.88. The average Bonchev–Trinajstić information content (AvgIpc) is 3.47. The maximum Gasteiger partial charge on any atom is 0.272 e. The number of carbonyl (C=O) groups is 5. The van der Waals surface area contributed by atoms with Crippen molar-refractivity contribution in [1.82, 2.24) is 30.6 Å². The molecular formula is C48H58N8O7. The molecule has 5 aliphatic rings. The fourth-order valence-corrected chi connectivity index (χ4v) is 11.0. The molecule has 4 fully saturated rings. The van der Waals surface area contributed by atoms with E-state index in [4.69, 9.17) is 9.47 Å². The van der Waals surface area contributed by atoms with Crippen molar-refractivity contribution in [2.75, 3.05) is 24.5 Å². The highest BCUT2D eigenvalue weighted by Gasteiger charge is 2.64. The molecule has 15 heteroatoms. The topological polar surface area (TPSA) is 187 Å². The van der Waals surface area contributed by atoms with E-state index in [-0.39, 0.29) is 64.6 Å². The standard InChI is InChI=1S/C48H58N8O7/c1-26(2)55(30-21-33(22-30)62-31-9-10-34-35(23-31)44(61)56(43(34)60)38-12-14-40(57)50-42(38)59)25-29-15-17-54(18-16-29)39-13-11-37(52-53-39)41(58)51-45-47(5,6)46(48(45,7)8)63-32-19-27(3)36(24-49)28(4)20-32/h9-11,13,19-20,23,26,29-30,33,38,45-46H,12,14-18,21-22,25H2,1-8H3,(H,51,58)(H,50,57,59)/t30?,33?,38-,45?,46?/m1/s1. The van der Waals surface area contributed by atoms with Gasteiger partial charge in [0.15, 0.2) is 11.5 Å². The molecule has 2 aliphatic carbocycles. The Morgan fingerprint density at radius 3 is 2.17 bits per heavy atom. The molecule has 3 aromatic rings. The summed E-state index contributed by atoms with van der Waals surface area (Å²) in [6.45, 7) is 19.4. The minimum Gasteiger partial charge on any atom is -0.490 e. The number of nitrogens with one attached hydrogen (secondary N) is 2. The van der Waals surface area contributed by atoms with Gasteiger partial charge < -0.3 is 19.7 Å². The monoisotopic (exact) mass is 858 g/mol. The zero-order valence-corrected chi connectivity index (χ0v) is 37.5. The number of imide groups is 2. The Labute approximate surface area is 368 Å². The molecule has 0 spiro atoms. The number of anilines is 1. The SMILES string of the molecule is Cc1cc(OC2C(C)(C)C(NC(=O)c3ccc(N4CCC(CN(C(C)C)C5CC(Oc6ccc7c(c6)C(=O)N([C@@H]6CCC(=O)NC6=O)C7=O)C5)CC4)nn3)C2(C)C)cc(C)c1C#N. The molecule has 3 aliphatic heterocycles. The van der Waals surface area contributed by atoms with Crippen LogP contribution < -0.4 is 25.0 Å². The van der Waals surface area contributed by atoms with Gasteiger partial charge in [-0.25, -0.2) is 0 Å². The minimum atomic E-state index is -1.01. The van der Waals surface area contributed by atoms with E-state index in [0.717, 1.165) is 72.9 Å². The summed E-state index contributed by atoms with van der Waals surface area (Å²) >= 11 is 0. The summed E-state index contributed by atoms with van der Waals surface area (Å²) in [6, 6.07) is 14.2. The van der Waals surface area contributed by atoms with E-state index in [1.807, 2.05) is 32.0 Å². The summed E-state index contributed by atoms with van der Waals surface area (Å²) < 4.78 is 12.8. The molecule has 2 aromatic carbocycles. The maximum atomic E-state index is 13.5. The molecule has 0 bridgehead atoms. The lowest BCUT2D eigenvalue weighted by atomic mass is 9.49. The first-order valence-corrected chi connectivity index (χ1v) is 22.2. The van der Waals surface area contributed by atoms with Crippen molar-refractivity contribution in [3.8, 4) is 17.6 Å². The molecule has 2 saturated carbocycles. The van der Waals surface area contributed by atoms with Gasteiger partial charge >= 0.3 is 0 Å². The molecule has 0 unspecified atom stereocenters. The third kappa shape index (κ3) is 8.14. The molecule has 8 rings (SSSR count). The number of hydrogen-bond acceptors (Lipinski definition) is 12. The van der Waals surface area contributed by atoms with Gasteiger partial charge in [0.25, 0.3) is 17.7 Å². The van der Waals surface area contributed by atoms with Gasteiger partial charge in [-0.1, -0.05) is 27.7 Å². The van der Waals surface area contributed by atoms with E-state index in [2.05, 4.69) is 78.2 Å². The highest BCUT2D eigenvalue weighted by molar-refractivity contribution is 6.23. The van der Waals surface area contributed by atoms with Crippen LogP contribution in [0.1, 0.15) is 128 Å². The zero-order chi connectivity index (χ0) is 45.1. The fraction of sp³-hybridized carbons (Fsp3) is 0.542. The first-order valence-electron chi connectivity index (χ1n) is 22.2. The van der Waals surface area contributed by atoms with Gasteiger partial charge in [0, 0.05) is 67.9 Å². The number of hydrogen-bond donors (Lipinski definition) is 2. The van der Waals surface area contributed by atoms with E-state index >= 15 is 0 Å². The molecule has 2 saturated heterocycles. The van der Waals surface area contributed by atoms with Crippen LogP contribution >= 0.6 is 0 Å². The van der Waals surface area contributed by atoms with Crippen LogP contribution in [0.4, 0.5) is 5.82 Å². The Bertz CT molecular complexity index is 2340. The number of piperidine rings is 2. The minimum absolute atomic E-state index is 0.0234. The predicted octanol–water partition coefficient (Wildman–Crippen LogP) is 5.52. The van der Waals surface area contributed by atoms with E-state index in [1.54, 1.807) is 24.3 Å². The summed E-state index contributed by atoms with van der Waals surface area (Å²) in [5, 5.41) is 23.8. The summed E-state index contributed by atoms with van der Waals surface area (Å²) in [7, 11) is 0. The Morgan fingerprint density at radius 2 is 1.57 bits per heavy atom. The van der Waals surface area contributed by atoms with Crippen molar-refractivity contribution in [1.29, 1.82) is 5.26 Å². The van der Waals surface area contributed by atoms with Crippen molar-refractivity contribution in [2.45, 2.75) is 130 Å². The lowest BCUT2D eigenvalue weighted by Gasteiger charge is -2.63. The van der Waals surface area contributed by atoms with Crippen LogP contribution in [0.2, 0.25) is 0 Å².